The molecule has 1 aromatic heterocycles. The molecule has 2 aliphatic rings. The standard InChI is InChI=1S/C12H13N5O6S2.2Na.2H/c1-4(18)7-9(21)17-8(11(22)23)5(25-10(7)17)3-24-12-13-14-15-16(12)2-6(19)20;;;;/h4,7,10,18H,2-3H2,1H3,(H,19,20)(H,22,23);;;;/q;2*+1;2*-1/t4?,7-,10+;;;;/m0..../s1. The number of thioether (sulfide) groups is 2. The molecule has 0 bridgehead atoms. The summed E-state index contributed by atoms with van der Waals surface area (Å²) in [5.74, 6) is -3.23. The average Bonchev–Trinajstić information content (AvgIpc) is 3.06. The first-order chi connectivity index (χ1) is 11.8. The van der Waals surface area contributed by atoms with Crippen LogP contribution >= 0.6 is 23.5 Å². The van der Waals surface area contributed by atoms with Crippen LogP contribution in [0, 0.1) is 5.92 Å². The number of β-lactam (4-membered cyclic amide) rings is 1. The molecule has 0 aliphatic carbocycles. The van der Waals surface area contributed by atoms with Gasteiger partial charge in [-0.2, -0.15) is 0 Å². The molecule has 2 aliphatic heterocycles. The zero-order valence-electron chi connectivity index (χ0n) is 16.8. The van der Waals surface area contributed by atoms with Crippen LogP contribution in [0.2, 0.25) is 0 Å². The van der Waals surface area contributed by atoms with Crippen molar-refractivity contribution in [2.24, 2.45) is 5.92 Å². The summed E-state index contributed by atoms with van der Waals surface area (Å²) in [5, 5.41) is 38.4. The number of fused-ring (bicyclic) bond motifs is 1. The summed E-state index contributed by atoms with van der Waals surface area (Å²) in [5.41, 5.74) is -0.110. The molecule has 27 heavy (non-hydrogen) atoms. The van der Waals surface area contributed by atoms with Crippen molar-refractivity contribution in [2.75, 3.05) is 5.75 Å². The van der Waals surface area contributed by atoms with Crippen LogP contribution in [0.1, 0.15) is 9.78 Å². The minimum absolute atomic E-state index is 0. The summed E-state index contributed by atoms with van der Waals surface area (Å²) < 4.78 is 1.09. The Kier molecular flexibility index (Phi) is 9.30. The molecule has 0 saturated carbocycles. The molecule has 0 radical (unpaired) electrons. The number of carbonyl (C=O) groups is 3. The molecule has 3 rings (SSSR count). The summed E-state index contributed by atoms with van der Waals surface area (Å²) in [6, 6.07) is 0. The zero-order chi connectivity index (χ0) is 18.3. The maximum atomic E-state index is 12.1. The molecule has 138 valence electrons. The normalized spacial score (nSPS) is 21.7. The third kappa shape index (κ3) is 4.90. The molecule has 1 unspecified atom stereocenters. The van der Waals surface area contributed by atoms with E-state index in [0.717, 1.165) is 16.4 Å². The summed E-state index contributed by atoms with van der Waals surface area (Å²) in [7, 11) is 0. The SMILES string of the molecule is CC(O)[C@H]1C(=O)N2C(C(=O)O)=C(CSc3nnnn3CC(=O)O)S[C@H]12.[H-].[H-].[Na+].[Na+]. The number of hydrogen-bond acceptors (Lipinski definition) is 9. The monoisotopic (exact) mass is 435 g/mol. The van der Waals surface area contributed by atoms with E-state index in [9.17, 15) is 24.6 Å². The fourth-order valence-corrected chi connectivity index (χ4v) is 5.20. The van der Waals surface area contributed by atoms with Gasteiger partial charge in [0.05, 0.1) is 12.0 Å². The van der Waals surface area contributed by atoms with Crippen molar-refractivity contribution in [2.45, 2.75) is 30.1 Å². The number of carbonyl (C=O) groups excluding carboxylic acids is 1. The molecule has 1 amide bonds. The minimum Gasteiger partial charge on any atom is -1.00 e. The van der Waals surface area contributed by atoms with Crippen LogP contribution in [-0.2, 0) is 20.9 Å². The first kappa shape index (κ1) is 24.9. The van der Waals surface area contributed by atoms with Crippen molar-refractivity contribution in [3.8, 4) is 0 Å². The molecule has 3 heterocycles. The van der Waals surface area contributed by atoms with Gasteiger partial charge in [0.25, 0.3) is 0 Å². The number of carboxylic acids is 2. The summed E-state index contributed by atoms with van der Waals surface area (Å²) in [6.07, 6.45) is -0.869. The number of aliphatic carboxylic acids is 2. The molecule has 1 saturated heterocycles. The van der Waals surface area contributed by atoms with Crippen LogP contribution in [0.25, 0.3) is 0 Å². The maximum Gasteiger partial charge on any atom is 1.00 e. The second-order valence-electron chi connectivity index (χ2n) is 5.36. The van der Waals surface area contributed by atoms with Gasteiger partial charge >= 0.3 is 71.1 Å². The number of nitrogens with zero attached hydrogens (tertiary/aromatic N) is 5. The van der Waals surface area contributed by atoms with Crippen LogP contribution in [0.3, 0.4) is 0 Å². The summed E-state index contributed by atoms with van der Waals surface area (Å²) in [6.45, 7) is 1.08. The van der Waals surface area contributed by atoms with Gasteiger partial charge in [0.15, 0.2) is 0 Å². The van der Waals surface area contributed by atoms with E-state index in [0.29, 0.717) is 4.91 Å². The second-order valence-corrected chi connectivity index (χ2v) is 7.52. The Morgan fingerprint density at radius 1 is 1.37 bits per heavy atom. The van der Waals surface area contributed by atoms with Crippen molar-refractivity contribution in [3.63, 3.8) is 0 Å². The van der Waals surface area contributed by atoms with Gasteiger partial charge in [-0.15, -0.1) is 16.9 Å². The maximum absolute atomic E-state index is 12.1. The van der Waals surface area contributed by atoms with Crippen LogP contribution in [0.15, 0.2) is 15.8 Å². The minimum atomic E-state index is -1.23. The quantitative estimate of drug-likeness (QED) is 0.212. The number of hydrogen-bond donors (Lipinski definition) is 3. The number of rotatable bonds is 7. The van der Waals surface area contributed by atoms with E-state index < -0.39 is 41.8 Å². The predicted octanol–water partition coefficient (Wildman–Crippen LogP) is -6.71. The Labute approximate surface area is 208 Å². The predicted molar refractivity (Wildman–Crippen MR) is 86.5 cm³/mol. The molecule has 11 nitrogen and oxygen atoms in total. The fraction of sp³-hybridized carbons (Fsp3) is 0.500. The van der Waals surface area contributed by atoms with Crippen molar-refractivity contribution < 1.29 is 91.7 Å². The molecule has 15 heteroatoms. The van der Waals surface area contributed by atoms with Crippen LogP contribution < -0.4 is 59.1 Å². The number of amides is 1. The third-order valence-electron chi connectivity index (χ3n) is 3.69. The third-order valence-corrected chi connectivity index (χ3v) is 6.23. The van der Waals surface area contributed by atoms with Gasteiger partial charge in [-0.3, -0.25) is 14.5 Å². The van der Waals surface area contributed by atoms with Crippen LogP contribution in [-0.4, -0.2) is 75.5 Å². The first-order valence-electron chi connectivity index (χ1n) is 7.06. The van der Waals surface area contributed by atoms with Crippen molar-refractivity contribution in [1.29, 1.82) is 0 Å². The number of tetrazole rings is 1. The molecule has 1 fully saturated rings. The average molecular weight is 435 g/mol. The zero-order valence-corrected chi connectivity index (χ0v) is 20.4. The second kappa shape index (κ2) is 10.1. The molecule has 1 aromatic rings. The molecular formula is C12H15N5Na2O6S2. The van der Waals surface area contributed by atoms with Gasteiger partial charge in [-0.25, -0.2) is 9.48 Å². The first-order valence-corrected chi connectivity index (χ1v) is 8.92. The van der Waals surface area contributed by atoms with Crippen LogP contribution in [0.4, 0.5) is 0 Å². The van der Waals surface area contributed by atoms with Gasteiger partial charge in [-0.05, 0) is 17.4 Å². The largest absolute Gasteiger partial charge is 1.00 e. The van der Waals surface area contributed by atoms with Gasteiger partial charge in [0.1, 0.15) is 17.6 Å². The van der Waals surface area contributed by atoms with E-state index in [1.807, 2.05) is 0 Å². The number of aliphatic hydroxyl groups is 1. The van der Waals surface area contributed by atoms with E-state index in [4.69, 9.17) is 5.11 Å². The Balaban J connectivity index is 0. The Bertz CT molecular complexity index is 799. The Morgan fingerprint density at radius 3 is 2.59 bits per heavy atom. The van der Waals surface area contributed by atoms with Crippen molar-refractivity contribution in [3.05, 3.63) is 10.6 Å². The Hall–Kier alpha value is -0.120. The van der Waals surface area contributed by atoms with Gasteiger partial charge in [0.2, 0.25) is 11.1 Å². The van der Waals surface area contributed by atoms with E-state index in [2.05, 4.69) is 15.5 Å². The molecule has 3 atom stereocenters. The number of carboxylic acid groups (broad SMARTS) is 2. The summed E-state index contributed by atoms with van der Waals surface area (Å²) >= 11 is 2.29. The fourth-order valence-electron chi connectivity index (χ4n) is 2.61. The molecule has 3 N–H and O–H groups in total. The van der Waals surface area contributed by atoms with E-state index >= 15 is 0 Å². The molecule has 0 spiro atoms. The molecular weight excluding hydrogens is 420 g/mol. The number of aliphatic hydroxyl groups excluding tert-OH is 1. The van der Waals surface area contributed by atoms with Crippen molar-refractivity contribution >= 4 is 41.4 Å². The van der Waals surface area contributed by atoms with Crippen LogP contribution in [0.5, 0.6) is 0 Å². The van der Waals surface area contributed by atoms with Gasteiger partial charge in [-0.1, -0.05) is 11.8 Å². The van der Waals surface area contributed by atoms with E-state index in [-0.39, 0.29) is 78.6 Å². The van der Waals surface area contributed by atoms with Gasteiger partial charge in [0, 0.05) is 10.7 Å². The van der Waals surface area contributed by atoms with E-state index in [1.165, 1.54) is 23.6 Å². The smallest absolute Gasteiger partial charge is 1.00 e. The number of aromatic nitrogens is 4. The topological polar surface area (TPSA) is 159 Å². The van der Waals surface area contributed by atoms with Crippen molar-refractivity contribution in [1.82, 2.24) is 25.1 Å². The molecule has 0 aromatic carbocycles. The van der Waals surface area contributed by atoms with E-state index in [1.54, 1.807) is 0 Å². The van der Waals surface area contributed by atoms with Gasteiger partial charge < -0.3 is 18.2 Å². The summed E-state index contributed by atoms with van der Waals surface area (Å²) in [4.78, 5) is 36.0. The Morgan fingerprint density at radius 2 is 2.04 bits per heavy atom.